The van der Waals surface area contributed by atoms with Crippen molar-refractivity contribution >= 4 is 29.1 Å². The van der Waals surface area contributed by atoms with Gasteiger partial charge >= 0.3 is 0 Å². The highest BCUT2D eigenvalue weighted by Crippen LogP contribution is 2.26. The number of fused-ring (bicyclic) bond motifs is 1. The third-order valence-corrected chi connectivity index (χ3v) is 4.89. The summed E-state index contributed by atoms with van der Waals surface area (Å²) in [5, 5.41) is 5.67. The molecule has 1 aliphatic rings. The number of likely N-dealkylation sites (N-methyl/N-ethyl adjacent to an activating group) is 1. The number of benzene rings is 2. The molecule has 0 aliphatic carbocycles. The van der Waals surface area contributed by atoms with Gasteiger partial charge in [0.15, 0.2) is 6.61 Å². The number of carbonyl (C=O) groups excluding carboxylic acids is 3. The van der Waals surface area contributed by atoms with E-state index in [1.807, 2.05) is 38.1 Å². The van der Waals surface area contributed by atoms with E-state index in [0.29, 0.717) is 18.6 Å². The van der Waals surface area contributed by atoms with Gasteiger partial charge in [0.05, 0.1) is 6.54 Å². The van der Waals surface area contributed by atoms with E-state index < -0.39 is 0 Å². The average Bonchev–Trinajstić information content (AvgIpc) is 2.69. The predicted octanol–water partition coefficient (Wildman–Crippen LogP) is 2.66. The lowest BCUT2D eigenvalue weighted by molar-refractivity contribution is -0.135. The minimum atomic E-state index is -0.298. The van der Waals surface area contributed by atoms with Crippen LogP contribution in [0.2, 0.25) is 0 Å². The van der Waals surface area contributed by atoms with Crippen molar-refractivity contribution < 1.29 is 19.1 Å². The zero-order valence-corrected chi connectivity index (χ0v) is 16.9. The summed E-state index contributed by atoms with van der Waals surface area (Å²) in [7, 11) is 1.57. The first-order valence-electron chi connectivity index (χ1n) is 9.49. The Morgan fingerprint density at radius 1 is 1.14 bits per heavy atom. The monoisotopic (exact) mass is 395 g/mol. The van der Waals surface area contributed by atoms with Gasteiger partial charge in [-0.05, 0) is 55.2 Å². The lowest BCUT2D eigenvalue weighted by Gasteiger charge is -2.20. The first-order chi connectivity index (χ1) is 13.8. The van der Waals surface area contributed by atoms with Gasteiger partial charge in [-0.2, -0.15) is 0 Å². The van der Waals surface area contributed by atoms with Crippen LogP contribution in [-0.4, -0.2) is 42.8 Å². The number of amides is 3. The van der Waals surface area contributed by atoms with Gasteiger partial charge in [0.25, 0.3) is 5.91 Å². The summed E-state index contributed by atoms with van der Waals surface area (Å²) in [5.41, 5.74) is 4.48. The zero-order valence-electron chi connectivity index (χ0n) is 16.9. The van der Waals surface area contributed by atoms with Crippen LogP contribution in [0.1, 0.15) is 23.1 Å². The third-order valence-electron chi connectivity index (χ3n) is 4.89. The highest BCUT2D eigenvalue weighted by molar-refractivity contribution is 5.96. The van der Waals surface area contributed by atoms with Gasteiger partial charge in [0.2, 0.25) is 11.8 Å². The largest absolute Gasteiger partial charge is 0.484 e. The normalized spacial score (nSPS) is 12.6. The number of nitrogens with zero attached hydrogens (tertiary/aromatic N) is 1. The fourth-order valence-electron chi connectivity index (χ4n) is 3.20. The van der Waals surface area contributed by atoms with E-state index in [9.17, 15) is 14.4 Å². The molecule has 3 amide bonds. The van der Waals surface area contributed by atoms with Crippen molar-refractivity contribution in [3.05, 3.63) is 53.1 Å². The summed E-state index contributed by atoms with van der Waals surface area (Å²) < 4.78 is 5.58. The van der Waals surface area contributed by atoms with Crippen LogP contribution in [0.25, 0.3) is 0 Å². The minimum absolute atomic E-state index is 0.00198. The molecular formula is C22H25N3O4. The number of aryl methyl sites for hydroxylation is 3. The lowest BCUT2D eigenvalue weighted by Crippen LogP contribution is -2.37. The molecule has 0 unspecified atom stereocenters. The number of rotatable bonds is 6. The van der Waals surface area contributed by atoms with E-state index in [1.165, 1.54) is 4.90 Å². The Bertz CT molecular complexity index is 935. The Morgan fingerprint density at radius 3 is 2.59 bits per heavy atom. The molecule has 1 aliphatic heterocycles. The molecule has 2 aromatic carbocycles. The van der Waals surface area contributed by atoms with Crippen LogP contribution in [-0.2, 0) is 20.8 Å². The van der Waals surface area contributed by atoms with Crippen molar-refractivity contribution in [2.24, 2.45) is 0 Å². The maximum Gasteiger partial charge on any atom is 0.260 e. The molecule has 2 aromatic rings. The molecule has 0 radical (unpaired) electrons. The van der Waals surface area contributed by atoms with Crippen LogP contribution in [0.5, 0.6) is 5.75 Å². The molecule has 0 spiro atoms. The quantitative estimate of drug-likeness (QED) is 0.787. The van der Waals surface area contributed by atoms with Crippen molar-refractivity contribution in [3.63, 3.8) is 0 Å². The van der Waals surface area contributed by atoms with E-state index in [-0.39, 0.29) is 30.9 Å². The van der Waals surface area contributed by atoms with Gasteiger partial charge in [-0.15, -0.1) is 0 Å². The van der Waals surface area contributed by atoms with Crippen LogP contribution in [0.3, 0.4) is 0 Å². The van der Waals surface area contributed by atoms with Crippen LogP contribution in [0.4, 0.5) is 11.4 Å². The van der Waals surface area contributed by atoms with E-state index in [0.717, 1.165) is 28.1 Å². The molecule has 1 heterocycles. The molecule has 29 heavy (non-hydrogen) atoms. The molecule has 0 atom stereocenters. The van der Waals surface area contributed by atoms with Crippen molar-refractivity contribution in [1.82, 2.24) is 4.90 Å². The van der Waals surface area contributed by atoms with E-state index in [4.69, 9.17) is 4.74 Å². The smallest absolute Gasteiger partial charge is 0.260 e. The maximum absolute atomic E-state index is 12.3. The van der Waals surface area contributed by atoms with Crippen molar-refractivity contribution in [2.75, 3.05) is 30.8 Å². The highest BCUT2D eigenvalue weighted by atomic mass is 16.5. The number of para-hydroxylation sites is 1. The Labute approximate surface area is 170 Å². The van der Waals surface area contributed by atoms with Gasteiger partial charge in [0, 0.05) is 24.8 Å². The van der Waals surface area contributed by atoms with Crippen molar-refractivity contribution in [1.29, 1.82) is 0 Å². The molecule has 3 rings (SSSR count). The molecule has 0 saturated carbocycles. The van der Waals surface area contributed by atoms with Gasteiger partial charge in [-0.3, -0.25) is 14.4 Å². The van der Waals surface area contributed by atoms with Crippen molar-refractivity contribution in [2.45, 2.75) is 26.7 Å². The second-order valence-corrected chi connectivity index (χ2v) is 7.22. The van der Waals surface area contributed by atoms with Crippen molar-refractivity contribution in [3.8, 4) is 5.75 Å². The molecule has 7 nitrogen and oxygen atoms in total. The highest BCUT2D eigenvalue weighted by Gasteiger charge is 2.17. The zero-order chi connectivity index (χ0) is 21.0. The van der Waals surface area contributed by atoms with Crippen LogP contribution in [0, 0.1) is 13.8 Å². The van der Waals surface area contributed by atoms with E-state index in [2.05, 4.69) is 10.6 Å². The molecule has 0 fully saturated rings. The summed E-state index contributed by atoms with van der Waals surface area (Å²) in [6, 6.07) is 11.1. The fourth-order valence-corrected chi connectivity index (χ4v) is 3.20. The Balaban J connectivity index is 1.52. The second kappa shape index (κ2) is 8.77. The number of carbonyl (C=O) groups is 3. The minimum Gasteiger partial charge on any atom is -0.484 e. The lowest BCUT2D eigenvalue weighted by atomic mass is 10.0. The summed E-state index contributed by atoms with van der Waals surface area (Å²) in [6.45, 7) is 3.62. The summed E-state index contributed by atoms with van der Waals surface area (Å²) in [4.78, 5) is 37.4. The van der Waals surface area contributed by atoms with Crippen LogP contribution < -0.4 is 15.4 Å². The SMILES string of the molecule is Cc1cccc(C)c1NC(=O)CN(C)C(=O)COc1ccc2c(c1)CCC(=O)N2. The summed E-state index contributed by atoms with van der Waals surface area (Å²) >= 11 is 0. The van der Waals surface area contributed by atoms with Gasteiger partial charge < -0.3 is 20.3 Å². The van der Waals surface area contributed by atoms with Gasteiger partial charge in [0.1, 0.15) is 5.75 Å². The standard InChI is InChI=1S/C22H25N3O4/c1-14-5-4-6-15(2)22(14)24-20(27)12-25(3)21(28)13-29-17-8-9-18-16(11-17)7-10-19(26)23-18/h4-6,8-9,11H,7,10,12-13H2,1-3H3,(H,23,26)(H,24,27). The Kier molecular flexibility index (Phi) is 6.16. The van der Waals surface area contributed by atoms with Crippen LogP contribution >= 0.6 is 0 Å². The number of hydrogen-bond acceptors (Lipinski definition) is 4. The molecular weight excluding hydrogens is 370 g/mol. The third kappa shape index (κ3) is 5.13. The van der Waals surface area contributed by atoms with E-state index >= 15 is 0 Å². The Morgan fingerprint density at radius 2 is 1.86 bits per heavy atom. The molecule has 0 saturated heterocycles. The molecule has 152 valence electrons. The second-order valence-electron chi connectivity index (χ2n) is 7.22. The molecule has 0 aromatic heterocycles. The first-order valence-corrected chi connectivity index (χ1v) is 9.49. The summed E-state index contributed by atoms with van der Waals surface area (Å²) in [6.07, 6.45) is 1.08. The van der Waals surface area contributed by atoms with E-state index in [1.54, 1.807) is 19.2 Å². The molecule has 0 bridgehead atoms. The maximum atomic E-state index is 12.3. The number of hydrogen-bond donors (Lipinski definition) is 2. The van der Waals surface area contributed by atoms with Gasteiger partial charge in [-0.25, -0.2) is 0 Å². The average molecular weight is 395 g/mol. The van der Waals surface area contributed by atoms with Crippen LogP contribution in [0.15, 0.2) is 36.4 Å². The fraction of sp³-hybridized carbons (Fsp3) is 0.318. The van der Waals surface area contributed by atoms with Gasteiger partial charge in [-0.1, -0.05) is 18.2 Å². The number of ether oxygens (including phenoxy) is 1. The predicted molar refractivity (Wildman–Crippen MR) is 111 cm³/mol. The molecule has 7 heteroatoms. The summed E-state index contributed by atoms with van der Waals surface area (Å²) in [5.74, 6) is -0.000718. The Hall–Kier alpha value is -3.35. The topological polar surface area (TPSA) is 87.7 Å². The number of anilines is 2. The first kappa shape index (κ1) is 20.4. The molecule has 2 N–H and O–H groups in total. The number of nitrogens with one attached hydrogen (secondary N) is 2.